The summed E-state index contributed by atoms with van der Waals surface area (Å²) in [6.45, 7) is 3.18. The molecule has 1 aliphatic heterocycles. The lowest BCUT2D eigenvalue weighted by Crippen LogP contribution is -2.59. The lowest BCUT2D eigenvalue weighted by molar-refractivity contribution is -0.297. The Morgan fingerprint density at radius 2 is 1.59 bits per heavy atom. The third-order valence-electron chi connectivity index (χ3n) is 2.81. The summed E-state index contributed by atoms with van der Waals surface area (Å²) in [5, 5.41) is 0. The molecule has 0 spiro atoms. The Morgan fingerprint density at radius 3 is 2.00 bits per heavy atom. The molecule has 100 valence electrons. The molecule has 1 rings (SSSR count). The Bertz CT molecular complexity index is 256. The molecule has 1 saturated heterocycles. The van der Waals surface area contributed by atoms with E-state index >= 15 is 0 Å². The molecule has 17 heavy (non-hydrogen) atoms. The second-order valence-corrected chi connectivity index (χ2v) is 3.92. The average Bonchev–Trinajstić information content (AvgIpc) is 2.28. The van der Waals surface area contributed by atoms with Crippen molar-refractivity contribution in [2.75, 3.05) is 21.3 Å². The molecule has 0 N–H and O–H groups in total. The van der Waals surface area contributed by atoms with E-state index in [0.29, 0.717) is 0 Å². The summed E-state index contributed by atoms with van der Waals surface area (Å²) < 4.78 is 26.6. The van der Waals surface area contributed by atoms with E-state index in [4.69, 9.17) is 23.7 Å². The molecule has 0 aromatic rings. The summed E-state index contributed by atoms with van der Waals surface area (Å²) in [7, 11) is 4.57. The molecule has 6 nitrogen and oxygen atoms in total. The summed E-state index contributed by atoms with van der Waals surface area (Å²) in [6, 6.07) is 0. The van der Waals surface area contributed by atoms with E-state index in [0.717, 1.165) is 0 Å². The minimum atomic E-state index is -0.578. The van der Waals surface area contributed by atoms with Crippen molar-refractivity contribution in [3.05, 3.63) is 0 Å². The van der Waals surface area contributed by atoms with Gasteiger partial charge in [-0.15, -0.1) is 0 Å². The number of hydrogen-bond donors (Lipinski definition) is 0. The van der Waals surface area contributed by atoms with Gasteiger partial charge in [0.05, 0.1) is 6.10 Å². The highest BCUT2D eigenvalue weighted by Crippen LogP contribution is 2.27. The summed E-state index contributed by atoms with van der Waals surface area (Å²) >= 11 is 0. The van der Waals surface area contributed by atoms with E-state index in [9.17, 15) is 4.79 Å². The SMILES string of the molecule is COC1OC(C)C(OC)C(OC(C)=O)C1OC. The van der Waals surface area contributed by atoms with Crippen molar-refractivity contribution in [3.8, 4) is 0 Å². The molecular formula is C11H20O6. The van der Waals surface area contributed by atoms with Crippen molar-refractivity contribution in [1.82, 2.24) is 0 Å². The van der Waals surface area contributed by atoms with E-state index in [1.165, 1.54) is 21.1 Å². The summed E-state index contributed by atoms with van der Waals surface area (Å²) in [4.78, 5) is 11.1. The Labute approximate surface area is 101 Å². The van der Waals surface area contributed by atoms with E-state index in [-0.39, 0.29) is 18.2 Å². The lowest BCUT2D eigenvalue weighted by Gasteiger charge is -2.43. The standard InChI is InChI=1S/C11H20O6/c1-6-8(13-3)9(17-7(2)12)10(14-4)11(15-5)16-6/h6,8-11H,1-5H3. The van der Waals surface area contributed by atoms with Gasteiger partial charge in [-0.25, -0.2) is 0 Å². The van der Waals surface area contributed by atoms with Crippen LogP contribution in [0.1, 0.15) is 13.8 Å². The zero-order valence-electron chi connectivity index (χ0n) is 10.8. The van der Waals surface area contributed by atoms with Crippen LogP contribution in [0.3, 0.4) is 0 Å². The average molecular weight is 248 g/mol. The first-order valence-corrected chi connectivity index (χ1v) is 5.46. The minimum absolute atomic E-state index is 0.249. The van der Waals surface area contributed by atoms with E-state index in [1.54, 1.807) is 7.11 Å². The van der Waals surface area contributed by atoms with Crippen molar-refractivity contribution in [2.45, 2.75) is 44.6 Å². The van der Waals surface area contributed by atoms with Crippen LogP contribution in [0.15, 0.2) is 0 Å². The highest BCUT2D eigenvalue weighted by molar-refractivity contribution is 5.66. The fraction of sp³-hybridized carbons (Fsp3) is 0.909. The minimum Gasteiger partial charge on any atom is -0.457 e. The van der Waals surface area contributed by atoms with Gasteiger partial charge >= 0.3 is 5.97 Å². The van der Waals surface area contributed by atoms with Crippen LogP contribution in [0.4, 0.5) is 0 Å². The summed E-state index contributed by atoms with van der Waals surface area (Å²) in [5.41, 5.74) is 0. The molecule has 0 saturated carbocycles. The van der Waals surface area contributed by atoms with Crippen LogP contribution in [-0.2, 0) is 28.5 Å². The topological polar surface area (TPSA) is 63.2 Å². The van der Waals surface area contributed by atoms with Crippen molar-refractivity contribution in [1.29, 1.82) is 0 Å². The van der Waals surface area contributed by atoms with Crippen LogP contribution >= 0.6 is 0 Å². The number of carbonyl (C=O) groups excluding carboxylic acids is 1. The number of rotatable bonds is 4. The smallest absolute Gasteiger partial charge is 0.303 e. The molecule has 6 heteroatoms. The van der Waals surface area contributed by atoms with Crippen molar-refractivity contribution in [2.24, 2.45) is 0 Å². The van der Waals surface area contributed by atoms with E-state index in [2.05, 4.69) is 0 Å². The van der Waals surface area contributed by atoms with Crippen LogP contribution in [0.2, 0.25) is 0 Å². The third-order valence-corrected chi connectivity index (χ3v) is 2.81. The Morgan fingerprint density at radius 1 is 1.00 bits per heavy atom. The third kappa shape index (κ3) is 3.16. The second kappa shape index (κ2) is 6.30. The first kappa shape index (κ1) is 14.4. The molecule has 0 aromatic carbocycles. The Balaban J connectivity index is 2.89. The number of esters is 1. The van der Waals surface area contributed by atoms with Gasteiger partial charge < -0.3 is 23.7 Å². The number of carbonyl (C=O) groups is 1. The van der Waals surface area contributed by atoms with Gasteiger partial charge in [0, 0.05) is 28.3 Å². The molecule has 5 atom stereocenters. The van der Waals surface area contributed by atoms with Gasteiger partial charge in [-0.05, 0) is 6.92 Å². The molecule has 0 bridgehead atoms. The Kier molecular flexibility index (Phi) is 5.32. The van der Waals surface area contributed by atoms with Crippen molar-refractivity contribution in [3.63, 3.8) is 0 Å². The number of methoxy groups -OCH3 is 3. The zero-order chi connectivity index (χ0) is 13.0. The van der Waals surface area contributed by atoms with Crippen LogP contribution in [0.25, 0.3) is 0 Å². The highest BCUT2D eigenvalue weighted by Gasteiger charge is 2.47. The quantitative estimate of drug-likeness (QED) is 0.668. The molecule has 0 amide bonds. The van der Waals surface area contributed by atoms with Gasteiger partial charge in [0.25, 0.3) is 0 Å². The fourth-order valence-corrected chi connectivity index (χ4v) is 2.06. The van der Waals surface area contributed by atoms with Gasteiger partial charge in [0.1, 0.15) is 12.2 Å². The maximum atomic E-state index is 11.1. The van der Waals surface area contributed by atoms with Gasteiger partial charge in [-0.1, -0.05) is 0 Å². The molecule has 0 aromatic heterocycles. The van der Waals surface area contributed by atoms with Crippen LogP contribution in [0.5, 0.6) is 0 Å². The molecule has 1 aliphatic rings. The summed E-state index contributed by atoms with van der Waals surface area (Å²) in [6.07, 6.45) is -2.26. The van der Waals surface area contributed by atoms with Crippen molar-refractivity contribution >= 4 is 5.97 Å². The molecular weight excluding hydrogens is 228 g/mol. The van der Waals surface area contributed by atoms with Gasteiger partial charge in [0.15, 0.2) is 12.4 Å². The predicted octanol–water partition coefficient (Wildman–Crippen LogP) is 0.339. The van der Waals surface area contributed by atoms with Crippen LogP contribution < -0.4 is 0 Å². The molecule has 5 unspecified atom stereocenters. The number of ether oxygens (including phenoxy) is 5. The normalized spacial score (nSPS) is 37.8. The largest absolute Gasteiger partial charge is 0.457 e. The molecule has 0 aliphatic carbocycles. The van der Waals surface area contributed by atoms with Gasteiger partial charge in [-0.2, -0.15) is 0 Å². The predicted molar refractivity (Wildman–Crippen MR) is 58.5 cm³/mol. The maximum Gasteiger partial charge on any atom is 0.303 e. The molecule has 0 radical (unpaired) electrons. The first-order chi connectivity index (χ1) is 8.04. The zero-order valence-corrected chi connectivity index (χ0v) is 10.8. The maximum absolute atomic E-state index is 11.1. The lowest BCUT2D eigenvalue weighted by atomic mass is 9.99. The van der Waals surface area contributed by atoms with Crippen LogP contribution in [-0.4, -0.2) is 58.0 Å². The van der Waals surface area contributed by atoms with Gasteiger partial charge in [0.2, 0.25) is 0 Å². The van der Waals surface area contributed by atoms with Gasteiger partial charge in [-0.3, -0.25) is 4.79 Å². The summed E-state index contributed by atoms with van der Waals surface area (Å²) in [5.74, 6) is -0.386. The van der Waals surface area contributed by atoms with E-state index < -0.39 is 18.5 Å². The monoisotopic (exact) mass is 248 g/mol. The molecule has 1 fully saturated rings. The second-order valence-electron chi connectivity index (χ2n) is 3.92. The number of hydrogen-bond acceptors (Lipinski definition) is 6. The van der Waals surface area contributed by atoms with E-state index in [1.807, 2.05) is 6.92 Å². The Hall–Kier alpha value is -0.690. The van der Waals surface area contributed by atoms with Crippen molar-refractivity contribution < 1.29 is 28.5 Å². The molecule has 1 heterocycles. The van der Waals surface area contributed by atoms with Crippen LogP contribution in [0, 0.1) is 0 Å². The fourth-order valence-electron chi connectivity index (χ4n) is 2.06. The first-order valence-electron chi connectivity index (χ1n) is 5.46. The highest BCUT2D eigenvalue weighted by atomic mass is 16.7.